The van der Waals surface area contributed by atoms with Crippen LogP contribution >= 0.6 is 0 Å². The first-order chi connectivity index (χ1) is 11.7. The van der Waals surface area contributed by atoms with Crippen molar-refractivity contribution in [3.63, 3.8) is 0 Å². The van der Waals surface area contributed by atoms with Crippen molar-refractivity contribution in [1.82, 2.24) is 0 Å². The number of nitriles is 1. The number of hydrogen-bond acceptors (Lipinski definition) is 3. The Labute approximate surface area is 140 Å². The summed E-state index contributed by atoms with van der Waals surface area (Å²) in [5, 5.41) is 11.5. The van der Waals surface area contributed by atoms with Gasteiger partial charge in [0.05, 0.1) is 11.6 Å². The van der Waals surface area contributed by atoms with E-state index in [0.29, 0.717) is 17.8 Å². The molecule has 0 spiro atoms. The van der Waals surface area contributed by atoms with Crippen molar-refractivity contribution in [1.29, 1.82) is 5.26 Å². The van der Waals surface area contributed by atoms with Crippen LogP contribution in [0.3, 0.4) is 0 Å². The number of carbonyl (C=O) groups is 2. The minimum atomic E-state index is -0.354. The largest absolute Gasteiger partial charge is 0.326 e. The van der Waals surface area contributed by atoms with Crippen molar-refractivity contribution in [2.75, 3.05) is 16.8 Å². The highest BCUT2D eigenvalue weighted by Crippen LogP contribution is 2.27. The highest BCUT2D eigenvalue weighted by molar-refractivity contribution is 6.09. The molecule has 1 N–H and O–H groups in total. The summed E-state index contributed by atoms with van der Waals surface area (Å²) < 4.78 is 0. The van der Waals surface area contributed by atoms with Crippen LogP contribution in [0.15, 0.2) is 48.5 Å². The van der Waals surface area contributed by atoms with Crippen LogP contribution in [-0.4, -0.2) is 18.4 Å². The second kappa shape index (κ2) is 6.97. The van der Waals surface area contributed by atoms with E-state index >= 15 is 0 Å². The van der Waals surface area contributed by atoms with E-state index in [1.54, 1.807) is 29.2 Å². The molecule has 2 amide bonds. The van der Waals surface area contributed by atoms with Gasteiger partial charge < -0.3 is 10.2 Å². The zero-order valence-corrected chi connectivity index (χ0v) is 13.2. The fourth-order valence-electron chi connectivity index (χ4n) is 2.86. The first-order valence-corrected chi connectivity index (χ1v) is 7.85. The minimum Gasteiger partial charge on any atom is -0.326 e. The van der Waals surface area contributed by atoms with Gasteiger partial charge in [0.1, 0.15) is 6.42 Å². The Morgan fingerprint density at radius 1 is 1.12 bits per heavy atom. The molecule has 0 aromatic heterocycles. The lowest BCUT2D eigenvalue weighted by atomic mass is 10.0. The van der Waals surface area contributed by atoms with Crippen molar-refractivity contribution >= 4 is 23.2 Å². The fourth-order valence-corrected chi connectivity index (χ4v) is 2.86. The molecular weight excluding hydrogens is 302 g/mol. The summed E-state index contributed by atoms with van der Waals surface area (Å²) in [6.45, 7) is 0.639. The summed E-state index contributed by atoms with van der Waals surface area (Å²) >= 11 is 0. The number of fused-ring (bicyclic) bond motifs is 1. The Hall–Kier alpha value is -3.13. The highest BCUT2D eigenvalue weighted by Gasteiger charge is 2.23. The van der Waals surface area contributed by atoms with Gasteiger partial charge in [0.25, 0.3) is 0 Å². The van der Waals surface area contributed by atoms with Crippen LogP contribution in [0.4, 0.5) is 11.4 Å². The molecule has 0 unspecified atom stereocenters. The van der Waals surface area contributed by atoms with Gasteiger partial charge in [0, 0.05) is 17.9 Å². The van der Waals surface area contributed by atoms with Gasteiger partial charge in [-0.15, -0.1) is 0 Å². The third-order valence-corrected chi connectivity index (χ3v) is 4.02. The SMILES string of the molecule is N#Cc1ccc(NC(=O)CC(=O)N2CCCc3ccccc32)cc1. The van der Waals surface area contributed by atoms with Gasteiger partial charge in [0.15, 0.2) is 0 Å². The standard InChI is InChI=1S/C19H17N3O2/c20-13-14-7-9-16(10-8-14)21-18(23)12-19(24)22-11-3-5-15-4-1-2-6-17(15)22/h1-2,4,6-10H,3,5,11-12H2,(H,21,23). The van der Waals surface area contributed by atoms with Crippen molar-refractivity contribution in [3.05, 3.63) is 59.7 Å². The monoisotopic (exact) mass is 319 g/mol. The third kappa shape index (κ3) is 3.44. The summed E-state index contributed by atoms with van der Waals surface area (Å²) in [5.74, 6) is -0.555. The van der Waals surface area contributed by atoms with Gasteiger partial charge in [-0.1, -0.05) is 18.2 Å². The van der Waals surface area contributed by atoms with E-state index in [4.69, 9.17) is 5.26 Å². The van der Waals surface area contributed by atoms with Crippen LogP contribution in [-0.2, 0) is 16.0 Å². The molecule has 0 fully saturated rings. The second-order valence-electron chi connectivity index (χ2n) is 5.69. The molecule has 1 aliphatic heterocycles. The normalized spacial score (nSPS) is 12.9. The van der Waals surface area contributed by atoms with E-state index in [1.807, 2.05) is 30.3 Å². The molecule has 3 rings (SSSR count). The molecular formula is C19H17N3O2. The predicted octanol–water partition coefficient (Wildman–Crippen LogP) is 2.87. The number of aryl methyl sites for hydroxylation is 1. The maximum absolute atomic E-state index is 12.5. The van der Waals surface area contributed by atoms with Crippen molar-refractivity contribution in [2.45, 2.75) is 19.3 Å². The molecule has 1 aliphatic rings. The Morgan fingerprint density at radius 3 is 2.62 bits per heavy atom. The van der Waals surface area contributed by atoms with E-state index in [-0.39, 0.29) is 18.2 Å². The first kappa shape index (κ1) is 15.8. The van der Waals surface area contributed by atoms with Gasteiger partial charge in [-0.3, -0.25) is 9.59 Å². The topological polar surface area (TPSA) is 73.2 Å². The van der Waals surface area contributed by atoms with Crippen LogP contribution in [0, 0.1) is 11.3 Å². The number of amides is 2. The summed E-state index contributed by atoms with van der Waals surface area (Å²) in [5.41, 5.74) is 3.14. The molecule has 1 heterocycles. The quantitative estimate of drug-likeness (QED) is 0.884. The fraction of sp³-hybridized carbons (Fsp3) is 0.211. The number of anilines is 2. The Kier molecular flexibility index (Phi) is 4.57. The number of para-hydroxylation sites is 1. The average molecular weight is 319 g/mol. The smallest absolute Gasteiger partial charge is 0.236 e. The van der Waals surface area contributed by atoms with E-state index in [2.05, 4.69) is 5.32 Å². The summed E-state index contributed by atoms with van der Waals surface area (Å²) in [6.07, 6.45) is 1.66. The maximum Gasteiger partial charge on any atom is 0.236 e. The average Bonchev–Trinajstić information content (AvgIpc) is 2.61. The van der Waals surface area contributed by atoms with Crippen LogP contribution in [0.1, 0.15) is 24.0 Å². The molecule has 120 valence electrons. The third-order valence-electron chi connectivity index (χ3n) is 4.02. The lowest BCUT2D eigenvalue weighted by Gasteiger charge is -2.29. The van der Waals surface area contributed by atoms with E-state index in [1.165, 1.54) is 0 Å². The van der Waals surface area contributed by atoms with E-state index < -0.39 is 0 Å². The first-order valence-electron chi connectivity index (χ1n) is 7.85. The number of carbonyl (C=O) groups excluding carboxylic acids is 2. The van der Waals surface area contributed by atoms with Crippen molar-refractivity contribution in [3.8, 4) is 6.07 Å². The van der Waals surface area contributed by atoms with E-state index in [0.717, 1.165) is 24.1 Å². The van der Waals surface area contributed by atoms with Crippen LogP contribution in [0.5, 0.6) is 0 Å². The molecule has 24 heavy (non-hydrogen) atoms. The predicted molar refractivity (Wildman–Crippen MR) is 91.5 cm³/mol. The van der Waals surface area contributed by atoms with Gasteiger partial charge in [0.2, 0.25) is 11.8 Å². The number of nitrogens with one attached hydrogen (secondary N) is 1. The van der Waals surface area contributed by atoms with Gasteiger partial charge in [-0.05, 0) is 48.7 Å². The molecule has 5 heteroatoms. The van der Waals surface area contributed by atoms with Crippen LogP contribution < -0.4 is 10.2 Å². The second-order valence-corrected chi connectivity index (χ2v) is 5.69. The molecule has 0 saturated carbocycles. The van der Waals surface area contributed by atoms with E-state index in [9.17, 15) is 9.59 Å². The zero-order valence-electron chi connectivity index (χ0n) is 13.2. The van der Waals surface area contributed by atoms with Gasteiger partial charge in [-0.25, -0.2) is 0 Å². The van der Waals surface area contributed by atoms with Crippen molar-refractivity contribution in [2.24, 2.45) is 0 Å². The summed E-state index contributed by atoms with van der Waals surface area (Å²) in [6, 6.07) is 16.4. The molecule has 2 aromatic carbocycles. The number of benzene rings is 2. The van der Waals surface area contributed by atoms with Gasteiger partial charge >= 0.3 is 0 Å². The Bertz CT molecular complexity index is 806. The molecule has 0 bridgehead atoms. The zero-order chi connectivity index (χ0) is 16.9. The van der Waals surface area contributed by atoms with Gasteiger partial charge in [-0.2, -0.15) is 5.26 Å². The Morgan fingerprint density at radius 2 is 1.88 bits per heavy atom. The summed E-state index contributed by atoms with van der Waals surface area (Å²) in [4.78, 5) is 26.3. The number of rotatable bonds is 3. The van der Waals surface area contributed by atoms with Crippen LogP contribution in [0.25, 0.3) is 0 Å². The number of nitrogens with zero attached hydrogens (tertiary/aromatic N) is 2. The lowest BCUT2D eigenvalue weighted by Crippen LogP contribution is -2.37. The van der Waals surface area contributed by atoms with Crippen molar-refractivity contribution < 1.29 is 9.59 Å². The molecule has 5 nitrogen and oxygen atoms in total. The minimum absolute atomic E-state index is 0.200. The highest BCUT2D eigenvalue weighted by atomic mass is 16.2. The molecule has 2 aromatic rings. The Balaban J connectivity index is 1.64. The molecule has 0 radical (unpaired) electrons. The lowest BCUT2D eigenvalue weighted by molar-refractivity contribution is -0.125. The summed E-state index contributed by atoms with van der Waals surface area (Å²) in [7, 11) is 0. The van der Waals surface area contributed by atoms with Crippen LogP contribution in [0.2, 0.25) is 0 Å². The molecule has 0 atom stereocenters. The number of hydrogen-bond donors (Lipinski definition) is 1. The molecule has 0 aliphatic carbocycles. The molecule has 0 saturated heterocycles. The maximum atomic E-state index is 12.5.